The van der Waals surface area contributed by atoms with Gasteiger partial charge in [-0.15, -0.1) is 0 Å². The minimum atomic E-state index is 0.350. The quantitative estimate of drug-likeness (QED) is 0.119. The topological polar surface area (TPSA) is 131 Å². The second-order valence-corrected chi connectivity index (χ2v) is 35.7. The number of aromatic nitrogens is 12. The molecule has 0 radical (unpaired) electrons. The summed E-state index contributed by atoms with van der Waals surface area (Å²) in [6.45, 7) is 10.2. The molecular weight excluding hydrogens is 1700 g/mol. The van der Waals surface area contributed by atoms with Crippen LogP contribution in [0.25, 0.3) is 232 Å². The van der Waals surface area contributed by atoms with E-state index in [1.54, 1.807) is 0 Å². The van der Waals surface area contributed by atoms with Gasteiger partial charge in [-0.05, 0) is 214 Å². The number of aryl methyl sites for hydroxylation is 5. The van der Waals surface area contributed by atoms with Crippen LogP contribution in [0.1, 0.15) is 34.3 Å². The van der Waals surface area contributed by atoms with Gasteiger partial charge in [-0.3, -0.25) is 0 Å². The Morgan fingerprint density at radius 2 is 0.403 bits per heavy atom. The van der Waals surface area contributed by atoms with E-state index in [2.05, 4.69) is 430 Å². The van der Waals surface area contributed by atoms with E-state index in [4.69, 9.17) is 29.9 Å². The third kappa shape index (κ3) is 14.0. The maximum Gasteiger partial charge on any atom is 0.168 e. The molecule has 13 nitrogen and oxygen atoms in total. The van der Waals surface area contributed by atoms with Crippen LogP contribution in [-0.4, -0.2) is 57.3 Å². The molecule has 0 aliphatic heterocycles. The average molecular weight is 1780 g/mol. The molecule has 27 rings (SSSR count). The largest absolute Gasteiger partial charge is 0.309 e. The molecule has 0 fully saturated rings. The molecule has 139 heavy (non-hydrogen) atoms. The second-order valence-electron chi connectivity index (χ2n) is 35.7. The lowest BCUT2D eigenvalue weighted by Gasteiger charge is -2.17. The normalized spacial score (nSPS) is 11.6. The zero-order valence-corrected chi connectivity index (χ0v) is 76.9. The molecule has 9 aromatic heterocycles. The van der Waals surface area contributed by atoms with E-state index in [0.717, 1.165) is 129 Å². The van der Waals surface area contributed by atoms with Crippen molar-refractivity contribution in [2.45, 2.75) is 34.6 Å². The molecule has 0 spiro atoms. The first kappa shape index (κ1) is 82.4. The highest BCUT2D eigenvalue weighted by atomic mass is 15.1. The van der Waals surface area contributed by atoms with Crippen molar-refractivity contribution in [3.63, 3.8) is 0 Å². The molecule has 0 unspecified atom stereocenters. The Morgan fingerprint density at radius 1 is 0.180 bits per heavy atom. The van der Waals surface area contributed by atoms with Gasteiger partial charge in [-0.1, -0.05) is 291 Å². The molecule has 0 atom stereocenters. The van der Waals surface area contributed by atoms with E-state index in [1.807, 2.05) is 74.5 Å². The van der Waals surface area contributed by atoms with Gasteiger partial charge in [0, 0.05) is 98.4 Å². The van der Waals surface area contributed by atoms with Gasteiger partial charge in [0.15, 0.2) is 17.3 Å². The number of nitriles is 1. The predicted octanol–water partition coefficient (Wildman–Crippen LogP) is 31.4. The van der Waals surface area contributed by atoms with E-state index in [0.29, 0.717) is 17.2 Å². The number of benzene rings is 18. The maximum absolute atomic E-state index is 10.3. The Labute approximate surface area is 801 Å². The van der Waals surface area contributed by atoms with E-state index >= 15 is 0 Å². The lowest BCUT2D eigenvalue weighted by atomic mass is 10.0. The Balaban J connectivity index is 0.000000111. The number of rotatable bonds is 12. The van der Waals surface area contributed by atoms with Gasteiger partial charge in [-0.2, -0.15) is 5.26 Å². The molecule has 13 heteroatoms. The predicted molar refractivity (Wildman–Crippen MR) is 573 cm³/mol. The smallest absolute Gasteiger partial charge is 0.168 e. The first-order valence-electron chi connectivity index (χ1n) is 47.0. The maximum atomic E-state index is 10.3. The number of hydrogen-bond donors (Lipinski definition) is 0. The highest BCUT2D eigenvalue weighted by Crippen LogP contribution is 2.46. The number of fused-ring (bicyclic) bond motifs is 18. The van der Waals surface area contributed by atoms with Crippen LogP contribution in [0.3, 0.4) is 0 Å². The minimum absolute atomic E-state index is 0.350. The van der Waals surface area contributed by atoms with E-state index in [-0.39, 0.29) is 0 Å². The van der Waals surface area contributed by atoms with Crippen LogP contribution in [0.15, 0.2) is 437 Å². The molecule has 0 amide bonds. The Hall–Kier alpha value is -18.5. The van der Waals surface area contributed by atoms with Gasteiger partial charge in [0.25, 0.3) is 0 Å². The molecule has 0 N–H and O–H groups in total. The van der Waals surface area contributed by atoms with E-state index < -0.39 is 0 Å². The second kappa shape index (κ2) is 33.9. The standard InChI is InChI=1S/C47H32N4.C42H27N5.C37H28N4/c1-31-46(45(32-15-5-2-6-16-32)49-47(48-31)33-17-7-3-8-18-33)51-42-24-14-12-22-38(42)40-30-35(26-28-44(40)51)34-25-27-43-39(29-34)37-21-11-13-23-41(37)50(43)36-19-9-4-10-20-36;1-27-41(36(26-43)45-42(44-27)28-12-4-2-5-13-28)47-38-19-11-9-17-33(38)35-25-30(21-23-40(35)47)29-20-22-39-34(24-29)32-16-8-10-18-37(32)46(39)31-14-6-3-7-15-31;1-23-37(24(2)39-25(3)38-23)41-34-16-10-8-14-30(34)32-22-27(18-20-36(32)41)26-17-19-35-31(21-26)29-13-7-9-15-33(29)40(35)28-11-5-4-6-12-28/h2-30H,1H3;2-25H,1H3;4-22H,1-3H3. The van der Waals surface area contributed by atoms with Crippen molar-refractivity contribution in [1.82, 2.24) is 57.3 Å². The monoisotopic (exact) mass is 1780 g/mol. The zero-order valence-electron chi connectivity index (χ0n) is 76.9. The van der Waals surface area contributed by atoms with Crippen LogP contribution < -0.4 is 0 Å². The molecular formula is C126H87N13. The molecule has 0 bridgehead atoms. The van der Waals surface area contributed by atoms with Gasteiger partial charge in [0.05, 0.1) is 106 Å². The molecule has 0 aliphatic rings. The van der Waals surface area contributed by atoms with Crippen LogP contribution in [0, 0.1) is 45.9 Å². The zero-order chi connectivity index (χ0) is 93.0. The summed E-state index contributed by atoms with van der Waals surface area (Å²) in [5.74, 6) is 2.08. The molecule has 656 valence electrons. The summed E-state index contributed by atoms with van der Waals surface area (Å²) in [6, 6.07) is 157. The van der Waals surface area contributed by atoms with Crippen molar-refractivity contribution in [2.24, 2.45) is 0 Å². The van der Waals surface area contributed by atoms with Gasteiger partial charge >= 0.3 is 0 Å². The first-order chi connectivity index (χ1) is 68.5. The average Bonchev–Trinajstić information content (AvgIpc) is 1.58. The molecule has 18 aromatic carbocycles. The van der Waals surface area contributed by atoms with Crippen molar-refractivity contribution in [1.29, 1.82) is 5.26 Å². The fourth-order valence-corrected chi connectivity index (χ4v) is 21.4. The van der Waals surface area contributed by atoms with Crippen LogP contribution in [0.2, 0.25) is 0 Å². The van der Waals surface area contributed by atoms with E-state index in [9.17, 15) is 5.26 Å². The van der Waals surface area contributed by atoms with Crippen molar-refractivity contribution in [2.75, 3.05) is 0 Å². The first-order valence-corrected chi connectivity index (χ1v) is 47.0. The minimum Gasteiger partial charge on any atom is -0.309 e. The summed E-state index contributed by atoms with van der Waals surface area (Å²) in [6.07, 6.45) is 0. The van der Waals surface area contributed by atoms with E-state index in [1.165, 1.54) is 120 Å². The fourth-order valence-electron chi connectivity index (χ4n) is 21.4. The summed E-state index contributed by atoms with van der Waals surface area (Å²) in [5.41, 5.74) is 35.0. The number of nitrogens with zero attached hydrogens (tertiary/aromatic N) is 13. The highest BCUT2D eigenvalue weighted by Gasteiger charge is 2.27. The van der Waals surface area contributed by atoms with Crippen LogP contribution in [0.4, 0.5) is 0 Å². The fraction of sp³-hybridized carbons (Fsp3) is 0.0397. The number of hydrogen-bond acceptors (Lipinski definition) is 7. The molecule has 0 saturated heterocycles. The number of para-hydroxylation sites is 9. The Kier molecular flexibility index (Phi) is 20.1. The summed E-state index contributed by atoms with van der Waals surface area (Å²) < 4.78 is 13.9. The molecule has 0 saturated carbocycles. The van der Waals surface area contributed by atoms with Gasteiger partial charge in [0.2, 0.25) is 0 Å². The summed E-state index contributed by atoms with van der Waals surface area (Å²) in [5, 5.41) is 24.9. The molecule has 27 aromatic rings. The van der Waals surface area contributed by atoms with Crippen molar-refractivity contribution < 1.29 is 0 Å². The van der Waals surface area contributed by atoms with Crippen molar-refractivity contribution in [3.8, 4) is 108 Å². The summed E-state index contributed by atoms with van der Waals surface area (Å²) in [7, 11) is 0. The third-order valence-electron chi connectivity index (χ3n) is 27.4. The Morgan fingerprint density at radius 3 is 0.705 bits per heavy atom. The third-order valence-corrected chi connectivity index (χ3v) is 27.4. The summed E-state index contributed by atoms with van der Waals surface area (Å²) >= 11 is 0. The highest BCUT2D eigenvalue weighted by molar-refractivity contribution is 6.17. The molecule has 0 aliphatic carbocycles. The lowest BCUT2D eigenvalue weighted by molar-refractivity contribution is 0.934. The van der Waals surface area contributed by atoms with Gasteiger partial charge in [-0.25, -0.2) is 29.9 Å². The van der Waals surface area contributed by atoms with Gasteiger partial charge in [0.1, 0.15) is 17.6 Å². The van der Waals surface area contributed by atoms with Crippen LogP contribution in [0.5, 0.6) is 0 Å². The Bertz CT molecular complexity index is 9610. The lowest BCUT2D eigenvalue weighted by Crippen LogP contribution is -2.06. The molecule has 9 heterocycles. The summed E-state index contributed by atoms with van der Waals surface area (Å²) in [4.78, 5) is 29.4. The van der Waals surface area contributed by atoms with Crippen molar-refractivity contribution >= 4 is 131 Å². The van der Waals surface area contributed by atoms with Crippen molar-refractivity contribution in [3.05, 3.63) is 471 Å². The SMILES string of the molecule is Cc1nc(-c2ccccc2)nc(-c2ccccc2)c1-n1c2ccccc2c2cc(-c3ccc4c(c3)c3ccccc3n4-c3ccccc3)ccc21.Cc1nc(-c2ccccc2)nc(C#N)c1-n1c2ccccc2c2cc(-c3ccc4c(c3)c3ccccc3n4-c3ccccc3)ccc21.Cc1nc(C)c(-n2c3ccccc3c3cc(-c4ccc5c(c4)c4ccccc4n5-c4ccccc4)ccc32)c(C)n1. The van der Waals surface area contributed by atoms with Gasteiger partial charge < -0.3 is 27.4 Å². The van der Waals surface area contributed by atoms with Crippen LogP contribution >= 0.6 is 0 Å². The van der Waals surface area contributed by atoms with Crippen LogP contribution in [-0.2, 0) is 0 Å².